The molecule has 0 unspecified atom stereocenters. The number of rotatable bonds is 6. The molecule has 1 fully saturated rings. The van der Waals surface area contributed by atoms with Gasteiger partial charge in [-0.3, -0.25) is 4.98 Å². The van der Waals surface area contributed by atoms with Crippen LogP contribution in [0.1, 0.15) is 37.1 Å². The highest BCUT2D eigenvalue weighted by molar-refractivity contribution is 7.99. The highest BCUT2D eigenvalue weighted by Crippen LogP contribution is 2.41. The second-order valence-corrected chi connectivity index (χ2v) is 8.74. The van der Waals surface area contributed by atoms with Crippen molar-refractivity contribution >= 4 is 17.6 Å². The number of hydrogen-bond acceptors (Lipinski definition) is 4. The van der Waals surface area contributed by atoms with Gasteiger partial charge < -0.3 is 4.57 Å². The third-order valence-corrected chi connectivity index (χ3v) is 6.08. The Balaban J connectivity index is 1.72. The van der Waals surface area contributed by atoms with Crippen LogP contribution in [0.25, 0.3) is 28.5 Å². The van der Waals surface area contributed by atoms with Crippen molar-refractivity contribution < 1.29 is 22.0 Å². The van der Waals surface area contributed by atoms with Crippen LogP contribution in [0, 0.1) is 0 Å². The zero-order valence-electron chi connectivity index (χ0n) is 17.2. The van der Waals surface area contributed by atoms with Gasteiger partial charge in [0.1, 0.15) is 5.69 Å². The number of allylic oxidation sites excluding steroid dienone is 1. The fraction of sp³-hybridized carbons (Fsp3) is 0.318. The summed E-state index contributed by atoms with van der Waals surface area (Å²) in [5.41, 5.74) is 3.49. The van der Waals surface area contributed by atoms with Crippen LogP contribution in [0.15, 0.2) is 47.3 Å². The number of hydrogen-bond donors (Lipinski definition) is 0. The van der Waals surface area contributed by atoms with Gasteiger partial charge >= 0.3 is 6.18 Å². The summed E-state index contributed by atoms with van der Waals surface area (Å²) < 4.78 is 66.1. The number of aromatic nitrogens is 4. The molecule has 1 aliphatic carbocycles. The summed E-state index contributed by atoms with van der Waals surface area (Å²) in [6, 6.07) is 10.2. The van der Waals surface area contributed by atoms with Crippen LogP contribution < -0.4 is 0 Å². The molecule has 1 aromatic carbocycles. The lowest BCUT2D eigenvalue weighted by molar-refractivity contribution is -0.108. The van der Waals surface area contributed by atoms with Crippen molar-refractivity contribution in [2.24, 2.45) is 7.05 Å². The number of thioether (sulfide) groups is 1. The van der Waals surface area contributed by atoms with Crippen LogP contribution in [-0.2, 0) is 7.05 Å². The minimum absolute atomic E-state index is 0.0386. The maximum atomic E-state index is 14.1. The first-order valence-electron chi connectivity index (χ1n) is 9.96. The molecule has 0 N–H and O–H groups in total. The Morgan fingerprint density at radius 3 is 2.38 bits per heavy atom. The van der Waals surface area contributed by atoms with Gasteiger partial charge in [0.25, 0.3) is 0 Å². The Kier molecular flexibility index (Phi) is 6.07. The van der Waals surface area contributed by atoms with Gasteiger partial charge in [0.05, 0.1) is 0 Å². The van der Waals surface area contributed by atoms with E-state index in [4.69, 9.17) is 0 Å². The maximum absolute atomic E-state index is 14.1. The monoisotopic (exact) mass is 466 g/mol. The predicted octanol–water partition coefficient (Wildman–Crippen LogP) is 6.70. The molecule has 168 valence electrons. The Morgan fingerprint density at radius 1 is 1.09 bits per heavy atom. The number of pyridine rings is 1. The molecular weight excluding hydrogens is 447 g/mol. The lowest BCUT2D eigenvalue weighted by atomic mass is 10.0. The van der Waals surface area contributed by atoms with Gasteiger partial charge in [-0.2, -0.15) is 22.0 Å². The van der Waals surface area contributed by atoms with Gasteiger partial charge in [0.2, 0.25) is 11.7 Å². The number of benzene rings is 1. The fourth-order valence-corrected chi connectivity index (χ4v) is 4.15. The first-order chi connectivity index (χ1) is 15.2. The standard InChI is InChI=1S/C22H19F5N4S/c1-3-32-16-10-15(14-8-6-13(7-9-14)12-4-5-12)11-28-18(16)21-30-29-20(31(21)2)17(23)19(24)22(25,26)27/h6-12H,3-5H2,1-2H3. The minimum Gasteiger partial charge on any atom is -0.307 e. The topological polar surface area (TPSA) is 43.6 Å². The Bertz CT molecular complexity index is 1160. The molecule has 1 aliphatic rings. The van der Waals surface area contributed by atoms with E-state index in [2.05, 4.69) is 27.3 Å². The van der Waals surface area contributed by atoms with Gasteiger partial charge in [0.15, 0.2) is 11.6 Å². The molecule has 0 atom stereocenters. The predicted molar refractivity (Wildman–Crippen MR) is 113 cm³/mol. The van der Waals surface area contributed by atoms with Gasteiger partial charge in [-0.15, -0.1) is 22.0 Å². The van der Waals surface area contributed by atoms with Gasteiger partial charge in [-0.1, -0.05) is 31.2 Å². The van der Waals surface area contributed by atoms with Crippen molar-refractivity contribution in [1.29, 1.82) is 0 Å². The minimum atomic E-state index is -5.45. The van der Waals surface area contributed by atoms with Crippen LogP contribution in [0.2, 0.25) is 0 Å². The molecule has 10 heteroatoms. The van der Waals surface area contributed by atoms with Crippen molar-refractivity contribution in [2.75, 3.05) is 5.75 Å². The molecule has 1 saturated carbocycles. The summed E-state index contributed by atoms with van der Waals surface area (Å²) in [4.78, 5) is 5.15. The SMILES string of the molecule is CCSc1cc(-c2ccc(C3CC3)cc2)cnc1-c1nnc(C(F)=C(F)C(F)(F)F)n1C. The lowest BCUT2D eigenvalue weighted by Crippen LogP contribution is -2.11. The van der Waals surface area contributed by atoms with Crippen molar-refractivity contribution in [3.8, 4) is 22.6 Å². The van der Waals surface area contributed by atoms with Gasteiger partial charge in [0, 0.05) is 23.7 Å². The zero-order valence-corrected chi connectivity index (χ0v) is 18.1. The summed E-state index contributed by atoms with van der Waals surface area (Å²) in [6.07, 6.45) is -1.39. The molecule has 0 bridgehead atoms. The molecule has 3 aromatic rings. The molecule has 0 saturated heterocycles. The van der Waals surface area contributed by atoms with E-state index in [9.17, 15) is 22.0 Å². The third kappa shape index (κ3) is 4.41. The van der Waals surface area contributed by atoms with E-state index in [0.717, 1.165) is 15.7 Å². The Labute approximate surface area is 185 Å². The largest absolute Gasteiger partial charge is 0.446 e. The average Bonchev–Trinajstić information content (AvgIpc) is 3.55. The van der Waals surface area contributed by atoms with Crippen LogP contribution in [0.5, 0.6) is 0 Å². The van der Waals surface area contributed by atoms with Crippen molar-refractivity contribution in [1.82, 2.24) is 19.7 Å². The van der Waals surface area contributed by atoms with E-state index < -0.39 is 23.7 Å². The molecule has 2 heterocycles. The molecule has 0 aliphatic heterocycles. The number of alkyl halides is 3. The van der Waals surface area contributed by atoms with E-state index in [1.165, 1.54) is 37.2 Å². The first-order valence-corrected chi connectivity index (χ1v) is 10.9. The molecule has 2 aromatic heterocycles. The first kappa shape index (κ1) is 22.4. The van der Waals surface area contributed by atoms with Gasteiger partial charge in [-0.05, 0) is 41.7 Å². The average molecular weight is 466 g/mol. The van der Waals surface area contributed by atoms with E-state index in [-0.39, 0.29) is 5.82 Å². The molecule has 0 spiro atoms. The van der Waals surface area contributed by atoms with Crippen LogP contribution in [-0.4, -0.2) is 31.7 Å². The number of nitrogens with zero attached hydrogens (tertiary/aromatic N) is 4. The lowest BCUT2D eigenvalue weighted by Gasteiger charge is -2.11. The summed E-state index contributed by atoms with van der Waals surface area (Å²) in [6.45, 7) is 1.94. The molecule has 4 rings (SSSR count). The molecule has 4 nitrogen and oxygen atoms in total. The normalized spacial score (nSPS) is 15.1. The van der Waals surface area contributed by atoms with Crippen LogP contribution in [0.4, 0.5) is 22.0 Å². The summed E-state index contributed by atoms with van der Waals surface area (Å²) in [5, 5.41) is 7.22. The van der Waals surface area contributed by atoms with Gasteiger partial charge in [-0.25, -0.2) is 0 Å². The van der Waals surface area contributed by atoms with Crippen molar-refractivity contribution in [3.63, 3.8) is 0 Å². The van der Waals surface area contributed by atoms with Crippen molar-refractivity contribution in [2.45, 2.75) is 36.8 Å². The van der Waals surface area contributed by atoms with Crippen molar-refractivity contribution in [3.05, 3.63) is 53.7 Å². The van der Waals surface area contributed by atoms with Crippen LogP contribution >= 0.6 is 11.8 Å². The third-order valence-electron chi connectivity index (χ3n) is 5.17. The van der Waals surface area contributed by atoms with Crippen LogP contribution in [0.3, 0.4) is 0 Å². The summed E-state index contributed by atoms with van der Waals surface area (Å²) in [5.74, 6) is -4.44. The highest BCUT2D eigenvalue weighted by atomic mass is 32.2. The quantitative estimate of drug-likeness (QED) is 0.299. The van der Waals surface area contributed by atoms with E-state index >= 15 is 0 Å². The Hall–Kier alpha value is -2.75. The van der Waals surface area contributed by atoms with E-state index in [0.29, 0.717) is 22.3 Å². The van der Waals surface area contributed by atoms with E-state index in [1.807, 2.05) is 25.1 Å². The molecule has 0 radical (unpaired) electrons. The zero-order chi connectivity index (χ0) is 23.0. The maximum Gasteiger partial charge on any atom is 0.446 e. The highest BCUT2D eigenvalue weighted by Gasteiger charge is 2.40. The fourth-order valence-electron chi connectivity index (χ4n) is 3.35. The Morgan fingerprint density at radius 2 is 1.78 bits per heavy atom. The second-order valence-electron chi connectivity index (χ2n) is 7.43. The molecule has 0 amide bonds. The van der Waals surface area contributed by atoms with E-state index in [1.54, 1.807) is 6.20 Å². The summed E-state index contributed by atoms with van der Waals surface area (Å²) >= 11 is 1.46. The number of halogens is 5. The molecule has 32 heavy (non-hydrogen) atoms. The molecular formula is C22H19F5N4S. The smallest absolute Gasteiger partial charge is 0.307 e. The second kappa shape index (κ2) is 8.65. The summed E-state index contributed by atoms with van der Waals surface area (Å²) in [7, 11) is 1.26.